The summed E-state index contributed by atoms with van der Waals surface area (Å²) in [5.41, 5.74) is 2.65. The maximum Gasteiger partial charge on any atom is 0.303 e. The number of carbonyl (C=O) groups is 2. The van der Waals surface area contributed by atoms with E-state index in [-0.39, 0.29) is 24.0 Å². The number of allylic oxidation sites excluding steroid dienone is 5. The Kier molecular flexibility index (Phi) is 6.77. The highest BCUT2D eigenvalue weighted by Gasteiger charge is 2.31. The van der Waals surface area contributed by atoms with Gasteiger partial charge in [0.1, 0.15) is 11.9 Å². The molecule has 1 aliphatic rings. The normalized spacial score (nSPS) is 20.8. The summed E-state index contributed by atoms with van der Waals surface area (Å²) in [6.45, 7) is 1.93. The van der Waals surface area contributed by atoms with Crippen molar-refractivity contribution >= 4 is 22.8 Å². The number of H-pyrrole nitrogens is 1. The smallest absolute Gasteiger partial charge is 0.303 e. The maximum atomic E-state index is 12.3. The highest BCUT2D eigenvalue weighted by atomic mass is 16.4. The number of para-hydroxylation sites is 2. The molecule has 1 aliphatic carbocycles. The van der Waals surface area contributed by atoms with Gasteiger partial charge < -0.3 is 15.2 Å². The third kappa shape index (κ3) is 5.29. The van der Waals surface area contributed by atoms with Crippen molar-refractivity contribution in [2.75, 3.05) is 0 Å². The van der Waals surface area contributed by atoms with Gasteiger partial charge in [-0.05, 0) is 44.4 Å². The molecule has 0 saturated heterocycles. The lowest BCUT2D eigenvalue weighted by Crippen LogP contribution is -2.15. The minimum absolute atomic E-state index is 0.0646. The third-order valence-electron chi connectivity index (χ3n) is 5.20. The first-order chi connectivity index (χ1) is 14.0. The molecular formula is C23H26N2O4. The van der Waals surface area contributed by atoms with Crippen LogP contribution in [0.5, 0.6) is 0 Å². The summed E-state index contributed by atoms with van der Waals surface area (Å²) in [4.78, 5) is 30.4. The lowest BCUT2D eigenvalue weighted by Gasteiger charge is -2.16. The van der Waals surface area contributed by atoms with Crippen molar-refractivity contribution in [2.24, 2.45) is 11.8 Å². The zero-order valence-electron chi connectivity index (χ0n) is 16.4. The number of imidazole rings is 1. The van der Waals surface area contributed by atoms with Crippen molar-refractivity contribution in [3.8, 4) is 0 Å². The van der Waals surface area contributed by atoms with Crippen molar-refractivity contribution < 1.29 is 19.8 Å². The Morgan fingerprint density at radius 1 is 1.31 bits per heavy atom. The van der Waals surface area contributed by atoms with Gasteiger partial charge in [-0.25, -0.2) is 4.98 Å². The molecule has 6 nitrogen and oxygen atoms in total. The molecule has 29 heavy (non-hydrogen) atoms. The van der Waals surface area contributed by atoms with Crippen molar-refractivity contribution in [3.05, 3.63) is 66.0 Å². The van der Waals surface area contributed by atoms with E-state index in [0.717, 1.165) is 16.6 Å². The van der Waals surface area contributed by atoms with Crippen LogP contribution >= 0.6 is 0 Å². The number of aliphatic carboxylic acids is 1. The molecule has 6 heteroatoms. The molecule has 1 heterocycles. The van der Waals surface area contributed by atoms with E-state index in [1.807, 2.05) is 49.4 Å². The second kappa shape index (κ2) is 9.47. The number of benzene rings is 1. The van der Waals surface area contributed by atoms with E-state index in [4.69, 9.17) is 5.11 Å². The Balaban J connectivity index is 1.62. The van der Waals surface area contributed by atoms with Gasteiger partial charge in [0.2, 0.25) is 0 Å². The second-order valence-corrected chi connectivity index (χ2v) is 7.39. The number of rotatable bonds is 9. The number of aliphatic hydroxyl groups is 1. The van der Waals surface area contributed by atoms with E-state index in [0.29, 0.717) is 25.1 Å². The van der Waals surface area contributed by atoms with Gasteiger partial charge in [-0.15, -0.1) is 0 Å². The number of hydrogen-bond donors (Lipinski definition) is 3. The number of carboxylic acid groups (broad SMARTS) is 1. The van der Waals surface area contributed by atoms with Gasteiger partial charge >= 0.3 is 5.97 Å². The number of carbonyl (C=O) groups excluding carboxylic acids is 1. The van der Waals surface area contributed by atoms with Gasteiger partial charge in [0.15, 0.2) is 5.78 Å². The van der Waals surface area contributed by atoms with Crippen LogP contribution in [0, 0.1) is 11.8 Å². The first-order valence-electron chi connectivity index (χ1n) is 9.85. The molecule has 152 valence electrons. The molecule has 3 N–H and O–H groups in total. The maximum absolute atomic E-state index is 12.3. The van der Waals surface area contributed by atoms with E-state index in [1.165, 1.54) is 0 Å². The number of aromatic nitrogens is 2. The molecule has 0 fully saturated rings. The molecular weight excluding hydrogens is 368 g/mol. The van der Waals surface area contributed by atoms with E-state index in [2.05, 4.69) is 9.97 Å². The van der Waals surface area contributed by atoms with Crippen molar-refractivity contribution in [3.63, 3.8) is 0 Å². The topological polar surface area (TPSA) is 103 Å². The Morgan fingerprint density at radius 3 is 2.86 bits per heavy atom. The summed E-state index contributed by atoms with van der Waals surface area (Å²) in [5.74, 6) is -0.485. The Labute approximate surface area is 169 Å². The second-order valence-electron chi connectivity index (χ2n) is 7.39. The van der Waals surface area contributed by atoms with Gasteiger partial charge in [-0.2, -0.15) is 0 Å². The number of nitrogens with zero attached hydrogens (tertiary/aromatic N) is 1. The van der Waals surface area contributed by atoms with Gasteiger partial charge in [-0.3, -0.25) is 9.59 Å². The monoisotopic (exact) mass is 394 g/mol. The molecule has 0 saturated carbocycles. The largest absolute Gasteiger partial charge is 0.481 e. The number of aliphatic hydroxyl groups excluding tert-OH is 1. The highest BCUT2D eigenvalue weighted by Crippen LogP contribution is 2.33. The fraction of sp³-hybridized carbons (Fsp3) is 0.348. The van der Waals surface area contributed by atoms with E-state index >= 15 is 0 Å². The summed E-state index contributed by atoms with van der Waals surface area (Å²) in [6.07, 6.45) is 10.3. The predicted octanol–water partition coefficient (Wildman–Crippen LogP) is 4.12. The molecule has 3 rings (SSSR count). The number of aromatic amines is 1. The van der Waals surface area contributed by atoms with Crippen LogP contribution in [0.1, 0.15) is 44.5 Å². The SMILES string of the molecule is CC1=CC(=O)[C@H](CC=CCCCC(=O)O)[C@H]1C=CC(O)c1nc2ccccc2[nH]1. The predicted molar refractivity (Wildman–Crippen MR) is 111 cm³/mol. The summed E-state index contributed by atoms with van der Waals surface area (Å²) < 4.78 is 0. The number of fused-ring (bicyclic) bond motifs is 1. The molecule has 1 unspecified atom stereocenters. The summed E-state index contributed by atoms with van der Waals surface area (Å²) in [7, 11) is 0. The van der Waals surface area contributed by atoms with E-state index in [9.17, 15) is 14.7 Å². The average Bonchev–Trinajstić information content (AvgIpc) is 3.23. The standard InChI is InChI=1S/C23H26N2O4/c1-15-14-21(27)17(8-4-2-3-5-11-22(28)29)16(15)12-13-20(26)23-24-18-9-6-7-10-19(18)25-23/h2,4,6-7,9-10,12-14,16-17,20,26H,3,5,8,11H2,1H3,(H,24,25)(H,28,29)/t16-,17+,20?/m0/s1. The van der Waals surface area contributed by atoms with Crippen LogP contribution in [-0.4, -0.2) is 31.9 Å². The van der Waals surface area contributed by atoms with Gasteiger partial charge in [0.25, 0.3) is 0 Å². The summed E-state index contributed by atoms with van der Waals surface area (Å²) >= 11 is 0. The molecule has 1 aromatic carbocycles. The van der Waals surface area contributed by atoms with E-state index in [1.54, 1.807) is 12.2 Å². The summed E-state index contributed by atoms with van der Waals surface area (Å²) in [6, 6.07) is 7.59. The van der Waals surface area contributed by atoms with Crippen LogP contribution in [0.3, 0.4) is 0 Å². The van der Waals surface area contributed by atoms with Crippen molar-refractivity contribution in [1.82, 2.24) is 9.97 Å². The molecule has 0 bridgehead atoms. The van der Waals surface area contributed by atoms with Crippen LogP contribution in [0.15, 0.2) is 60.2 Å². The minimum atomic E-state index is -0.877. The van der Waals surface area contributed by atoms with Crippen molar-refractivity contribution in [2.45, 2.75) is 38.7 Å². The molecule has 0 spiro atoms. The van der Waals surface area contributed by atoms with Gasteiger partial charge in [-0.1, -0.05) is 42.0 Å². The molecule has 0 amide bonds. The summed E-state index contributed by atoms with van der Waals surface area (Å²) in [5, 5.41) is 19.1. The molecule has 1 aromatic heterocycles. The fourth-order valence-electron chi connectivity index (χ4n) is 3.63. The van der Waals surface area contributed by atoms with Crippen LogP contribution in [0.4, 0.5) is 0 Å². The third-order valence-corrected chi connectivity index (χ3v) is 5.20. The van der Waals surface area contributed by atoms with Crippen LogP contribution in [0.25, 0.3) is 11.0 Å². The highest BCUT2D eigenvalue weighted by molar-refractivity contribution is 5.96. The number of unbranched alkanes of at least 4 members (excludes halogenated alkanes) is 1. The first-order valence-corrected chi connectivity index (χ1v) is 9.85. The molecule has 0 aliphatic heterocycles. The van der Waals surface area contributed by atoms with Crippen LogP contribution < -0.4 is 0 Å². The minimum Gasteiger partial charge on any atom is -0.481 e. The van der Waals surface area contributed by atoms with Crippen LogP contribution in [-0.2, 0) is 9.59 Å². The van der Waals surface area contributed by atoms with E-state index < -0.39 is 12.1 Å². The molecule has 0 radical (unpaired) electrons. The first kappa shape index (κ1) is 20.7. The zero-order chi connectivity index (χ0) is 20.8. The number of hydrogen-bond acceptors (Lipinski definition) is 4. The van der Waals surface area contributed by atoms with Crippen LogP contribution in [0.2, 0.25) is 0 Å². The van der Waals surface area contributed by atoms with Gasteiger partial charge in [0, 0.05) is 18.3 Å². The lowest BCUT2D eigenvalue weighted by atomic mass is 9.87. The zero-order valence-corrected chi connectivity index (χ0v) is 16.4. The number of nitrogens with one attached hydrogen (secondary N) is 1. The van der Waals surface area contributed by atoms with Crippen molar-refractivity contribution in [1.29, 1.82) is 0 Å². The number of ketones is 1. The molecule has 2 aromatic rings. The Hall–Kier alpha value is -2.99. The quantitative estimate of drug-likeness (QED) is 0.439. The average molecular weight is 394 g/mol. The molecule has 3 atom stereocenters. The Morgan fingerprint density at radius 2 is 2.10 bits per heavy atom. The number of carboxylic acids is 1. The fourth-order valence-corrected chi connectivity index (χ4v) is 3.63. The lowest BCUT2D eigenvalue weighted by molar-refractivity contribution is -0.137. The Bertz CT molecular complexity index is 937. The van der Waals surface area contributed by atoms with Gasteiger partial charge in [0.05, 0.1) is 11.0 Å².